The van der Waals surface area contributed by atoms with Crippen LogP contribution in [0.4, 0.5) is 0 Å². The van der Waals surface area contributed by atoms with Crippen LogP contribution in [0, 0.1) is 11.5 Å². The van der Waals surface area contributed by atoms with Crippen molar-refractivity contribution in [1.29, 1.82) is 0 Å². The van der Waals surface area contributed by atoms with Gasteiger partial charge in [0.15, 0.2) is 5.78 Å². The molecule has 0 radical (unpaired) electrons. The third-order valence-corrected chi connectivity index (χ3v) is 6.21. The first-order valence-corrected chi connectivity index (χ1v) is 15.4. The van der Waals surface area contributed by atoms with Gasteiger partial charge in [0.1, 0.15) is 13.8 Å². The van der Waals surface area contributed by atoms with Gasteiger partial charge < -0.3 is 4.74 Å². The van der Waals surface area contributed by atoms with Crippen LogP contribution in [0.3, 0.4) is 0 Å². The average molecular weight is 455 g/mol. The lowest BCUT2D eigenvalue weighted by Crippen LogP contribution is -2.16. The summed E-state index contributed by atoms with van der Waals surface area (Å²) in [5.41, 5.74) is 8.00. The number of carbonyl (C=O) groups excluding carboxylic acids is 1. The predicted molar refractivity (Wildman–Crippen MR) is 142 cm³/mol. The van der Waals surface area contributed by atoms with Crippen LogP contribution in [0.2, 0.25) is 19.6 Å². The normalized spacial score (nSPS) is 10.9. The molecule has 0 unspecified atom stereocenters. The highest BCUT2D eigenvalue weighted by molar-refractivity contribution is 6.83. The molecule has 0 atom stereocenters. The van der Waals surface area contributed by atoms with Crippen molar-refractivity contribution < 1.29 is 9.53 Å². The quantitative estimate of drug-likeness (QED) is 0.143. The first kappa shape index (κ1) is 24.5. The summed E-state index contributed by atoms with van der Waals surface area (Å²) < 4.78 is 5.78. The molecule has 3 rings (SSSR count). The number of rotatable bonds is 9. The van der Waals surface area contributed by atoms with Crippen molar-refractivity contribution in [2.24, 2.45) is 0 Å². The molecule has 0 aliphatic heterocycles. The minimum atomic E-state index is -1.38. The Morgan fingerprint density at radius 1 is 0.758 bits per heavy atom. The van der Waals surface area contributed by atoms with E-state index in [0.717, 1.165) is 35.5 Å². The molecule has 3 heteroatoms. The van der Waals surface area contributed by atoms with Gasteiger partial charge in [-0.1, -0.05) is 88.1 Å². The standard InChI is InChI=1S/C30H34O2Si/c1-5-6-7-8-22-32-29-19-17-28(18-20-29)30(31)27-15-13-26(14-16-27)25-11-9-24(10-12-25)21-23-33(2,3)4/h9-20H,5-8,22H2,1-4H3. The van der Waals surface area contributed by atoms with Crippen molar-refractivity contribution in [3.8, 4) is 28.3 Å². The fourth-order valence-corrected chi connectivity index (χ4v) is 3.93. The SMILES string of the molecule is CCCCCCOc1ccc(C(=O)c2ccc(-c3ccc(C#C[Si](C)(C)C)cc3)cc2)cc1. The topological polar surface area (TPSA) is 26.3 Å². The largest absolute Gasteiger partial charge is 0.494 e. The summed E-state index contributed by atoms with van der Waals surface area (Å²) in [4.78, 5) is 12.9. The minimum Gasteiger partial charge on any atom is -0.494 e. The van der Waals surface area contributed by atoms with E-state index in [2.05, 4.69) is 62.3 Å². The van der Waals surface area contributed by atoms with Crippen molar-refractivity contribution in [2.45, 2.75) is 52.2 Å². The molecule has 0 spiro atoms. The second kappa shape index (κ2) is 11.7. The molecule has 0 heterocycles. The van der Waals surface area contributed by atoms with Gasteiger partial charge in [0.05, 0.1) is 6.61 Å². The first-order chi connectivity index (χ1) is 15.9. The Kier molecular flexibility index (Phi) is 8.69. The number of hydrogen-bond acceptors (Lipinski definition) is 2. The molecule has 170 valence electrons. The van der Waals surface area contributed by atoms with Crippen LogP contribution in [0.5, 0.6) is 5.75 Å². The van der Waals surface area contributed by atoms with Gasteiger partial charge in [0, 0.05) is 16.7 Å². The van der Waals surface area contributed by atoms with Gasteiger partial charge in [-0.3, -0.25) is 4.79 Å². The van der Waals surface area contributed by atoms with E-state index in [1.54, 1.807) is 0 Å². The monoisotopic (exact) mass is 454 g/mol. The average Bonchev–Trinajstić information content (AvgIpc) is 2.83. The third-order valence-electron chi connectivity index (χ3n) is 5.33. The number of unbranched alkanes of at least 4 members (excludes halogenated alkanes) is 3. The molecule has 0 aromatic heterocycles. The zero-order chi connectivity index (χ0) is 23.7. The van der Waals surface area contributed by atoms with Crippen molar-refractivity contribution in [3.63, 3.8) is 0 Å². The highest BCUT2D eigenvalue weighted by atomic mass is 28.3. The van der Waals surface area contributed by atoms with E-state index in [0.29, 0.717) is 11.1 Å². The van der Waals surface area contributed by atoms with Crippen LogP contribution in [0.15, 0.2) is 72.8 Å². The summed E-state index contributed by atoms with van der Waals surface area (Å²) in [5, 5.41) is 0. The fourth-order valence-electron chi connectivity index (χ4n) is 3.41. The van der Waals surface area contributed by atoms with Crippen LogP contribution in [-0.4, -0.2) is 20.5 Å². The highest BCUT2D eigenvalue weighted by Gasteiger charge is 2.10. The Hall–Kier alpha value is -3.09. The summed E-state index contributed by atoms with van der Waals surface area (Å²) >= 11 is 0. The maximum Gasteiger partial charge on any atom is 0.193 e. The van der Waals surface area contributed by atoms with Crippen LogP contribution in [0.25, 0.3) is 11.1 Å². The third kappa shape index (κ3) is 7.77. The number of ether oxygens (including phenoxy) is 1. The number of hydrogen-bond donors (Lipinski definition) is 0. The zero-order valence-corrected chi connectivity index (χ0v) is 21.3. The minimum absolute atomic E-state index is 0.0213. The molecule has 3 aromatic rings. The Labute approximate surface area is 200 Å². The molecule has 33 heavy (non-hydrogen) atoms. The van der Waals surface area contributed by atoms with Crippen LogP contribution in [-0.2, 0) is 0 Å². The molecule has 0 fully saturated rings. The van der Waals surface area contributed by atoms with Gasteiger partial charge in [-0.2, -0.15) is 0 Å². The Bertz CT molecular complexity index is 1090. The Morgan fingerprint density at radius 2 is 1.30 bits per heavy atom. The Morgan fingerprint density at radius 3 is 1.85 bits per heavy atom. The van der Waals surface area contributed by atoms with E-state index in [1.807, 2.05) is 48.5 Å². The molecule has 2 nitrogen and oxygen atoms in total. The fraction of sp³-hybridized carbons (Fsp3) is 0.300. The summed E-state index contributed by atoms with van der Waals surface area (Å²) in [6, 6.07) is 23.6. The lowest BCUT2D eigenvalue weighted by molar-refractivity contribution is 0.103. The van der Waals surface area contributed by atoms with E-state index in [4.69, 9.17) is 4.74 Å². The van der Waals surface area contributed by atoms with Gasteiger partial charge >= 0.3 is 0 Å². The molecule has 0 aliphatic rings. The van der Waals surface area contributed by atoms with Crippen LogP contribution in [0.1, 0.15) is 54.1 Å². The van der Waals surface area contributed by atoms with Crippen LogP contribution >= 0.6 is 0 Å². The Balaban J connectivity index is 1.61. The van der Waals surface area contributed by atoms with Gasteiger partial charge in [-0.15, -0.1) is 5.54 Å². The summed E-state index contributed by atoms with van der Waals surface area (Å²) in [6.07, 6.45) is 4.72. The van der Waals surface area contributed by atoms with Crippen molar-refractivity contribution >= 4 is 13.9 Å². The van der Waals surface area contributed by atoms with E-state index in [9.17, 15) is 4.79 Å². The highest BCUT2D eigenvalue weighted by Crippen LogP contribution is 2.22. The molecule has 0 saturated carbocycles. The van der Waals surface area contributed by atoms with Crippen molar-refractivity contribution in [1.82, 2.24) is 0 Å². The van der Waals surface area contributed by atoms with E-state index < -0.39 is 8.07 Å². The number of ketones is 1. The smallest absolute Gasteiger partial charge is 0.193 e. The van der Waals surface area contributed by atoms with E-state index in [-0.39, 0.29) is 5.78 Å². The summed E-state index contributed by atoms with van der Waals surface area (Å²) in [6.45, 7) is 9.66. The van der Waals surface area contributed by atoms with Gasteiger partial charge in [0.25, 0.3) is 0 Å². The van der Waals surface area contributed by atoms with Gasteiger partial charge in [-0.05, 0) is 53.9 Å². The zero-order valence-electron chi connectivity index (χ0n) is 20.3. The van der Waals surface area contributed by atoms with Crippen molar-refractivity contribution in [3.05, 3.63) is 89.5 Å². The number of carbonyl (C=O) groups is 1. The molecule has 0 amide bonds. The van der Waals surface area contributed by atoms with E-state index >= 15 is 0 Å². The lowest BCUT2D eigenvalue weighted by atomic mass is 9.99. The molecule has 0 aliphatic carbocycles. The summed E-state index contributed by atoms with van der Waals surface area (Å²) in [7, 11) is -1.38. The van der Waals surface area contributed by atoms with Crippen LogP contribution < -0.4 is 4.74 Å². The molecular formula is C30H34O2Si. The van der Waals surface area contributed by atoms with Crippen molar-refractivity contribution in [2.75, 3.05) is 6.61 Å². The maximum atomic E-state index is 12.9. The molecular weight excluding hydrogens is 420 g/mol. The molecule has 0 bridgehead atoms. The summed E-state index contributed by atoms with van der Waals surface area (Å²) in [5.74, 6) is 4.12. The first-order valence-electron chi connectivity index (χ1n) is 11.9. The van der Waals surface area contributed by atoms with Gasteiger partial charge in [0.2, 0.25) is 0 Å². The predicted octanol–water partition coefficient (Wildman–Crippen LogP) is 7.77. The molecule has 0 N–H and O–H groups in total. The maximum absolute atomic E-state index is 12.9. The molecule has 0 saturated heterocycles. The van der Waals surface area contributed by atoms with E-state index in [1.165, 1.54) is 19.3 Å². The molecule has 3 aromatic carbocycles. The second-order valence-corrected chi connectivity index (χ2v) is 14.2. The van der Waals surface area contributed by atoms with Gasteiger partial charge in [-0.25, -0.2) is 0 Å². The second-order valence-electron chi connectivity index (χ2n) is 9.42. The lowest BCUT2D eigenvalue weighted by Gasteiger charge is -2.08. The number of benzene rings is 3.